The van der Waals surface area contributed by atoms with E-state index in [-0.39, 0.29) is 0 Å². The third kappa shape index (κ3) is 4.15. The van der Waals surface area contributed by atoms with Crippen molar-refractivity contribution >= 4 is 11.6 Å². The van der Waals surface area contributed by atoms with Gasteiger partial charge in [-0.1, -0.05) is 17.7 Å². The first-order chi connectivity index (χ1) is 10.6. The number of anilines is 1. The number of nitrogens with one attached hydrogen (secondary N) is 1. The normalized spacial score (nSPS) is 11.1. The maximum absolute atomic E-state index is 5.91. The molecule has 0 atom stereocenters. The summed E-state index contributed by atoms with van der Waals surface area (Å²) in [5.41, 5.74) is 8.96. The molecule has 0 fully saturated rings. The highest BCUT2D eigenvalue weighted by Crippen LogP contribution is 2.25. The Bertz CT molecular complexity index is 651. The molecule has 0 bridgehead atoms. The highest BCUT2D eigenvalue weighted by Gasteiger charge is 2.04. The third-order valence-electron chi connectivity index (χ3n) is 3.24. The number of methoxy groups -OCH3 is 2. The first kappa shape index (κ1) is 15.7. The van der Waals surface area contributed by atoms with Crippen molar-refractivity contribution in [2.75, 3.05) is 19.5 Å². The van der Waals surface area contributed by atoms with Crippen LogP contribution in [0.4, 0.5) is 5.69 Å². The Hall–Kier alpha value is -2.69. The summed E-state index contributed by atoms with van der Waals surface area (Å²) >= 11 is 0. The van der Waals surface area contributed by atoms with Gasteiger partial charge >= 0.3 is 0 Å². The van der Waals surface area contributed by atoms with Gasteiger partial charge in [-0.25, -0.2) is 4.99 Å². The van der Waals surface area contributed by atoms with Crippen molar-refractivity contribution in [1.29, 1.82) is 0 Å². The zero-order valence-electron chi connectivity index (χ0n) is 13.1. The van der Waals surface area contributed by atoms with E-state index in [0.717, 1.165) is 22.7 Å². The van der Waals surface area contributed by atoms with Crippen molar-refractivity contribution in [3.63, 3.8) is 0 Å². The minimum absolute atomic E-state index is 0.363. The first-order valence-corrected chi connectivity index (χ1v) is 6.97. The van der Waals surface area contributed by atoms with Gasteiger partial charge in [-0.05, 0) is 31.2 Å². The number of aliphatic imine (C=N–C) groups is 1. The summed E-state index contributed by atoms with van der Waals surface area (Å²) in [4.78, 5) is 4.34. The van der Waals surface area contributed by atoms with Crippen LogP contribution in [-0.2, 0) is 6.54 Å². The molecular formula is C17H21N3O2. The highest BCUT2D eigenvalue weighted by molar-refractivity contribution is 5.92. The van der Waals surface area contributed by atoms with Gasteiger partial charge in [0.15, 0.2) is 5.96 Å². The van der Waals surface area contributed by atoms with Crippen LogP contribution in [0, 0.1) is 6.92 Å². The number of nitrogens with zero attached hydrogens (tertiary/aromatic N) is 1. The number of guanidine groups is 1. The monoisotopic (exact) mass is 299 g/mol. The lowest BCUT2D eigenvalue weighted by molar-refractivity contribution is 0.391. The number of hydrogen-bond acceptors (Lipinski definition) is 3. The Labute approximate surface area is 130 Å². The van der Waals surface area contributed by atoms with E-state index in [0.29, 0.717) is 12.5 Å². The summed E-state index contributed by atoms with van der Waals surface area (Å²) in [7, 11) is 3.24. The zero-order chi connectivity index (χ0) is 15.9. The number of hydrogen-bond donors (Lipinski definition) is 2. The summed E-state index contributed by atoms with van der Waals surface area (Å²) in [5, 5.41) is 3.06. The summed E-state index contributed by atoms with van der Waals surface area (Å²) in [6.07, 6.45) is 0. The lowest BCUT2D eigenvalue weighted by Crippen LogP contribution is -2.22. The first-order valence-electron chi connectivity index (χ1n) is 6.97. The average molecular weight is 299 g/mol. The molecule has 22 heavy (non-hydrogen) atoms. The predicted molar refractivity (Wildman–Crippen MR) is 89.7 cm³/mol. The molecule has 0 amide bonds. The molecule has 2 aromatic carbocycles. The maximum atomic E-state index is 5.91. The van der Waals surface area contributed by atoms with Crippen LogP contribution in [0.2, 0.25) is 0 Å². The molecule has 5 heteroatoms. The fraction of sp³-hybridized carbons (Fsp3) is 0.235. The minimum Gasteiger partial charge on any atom is -0.497 e. The molecule has 0 saturated carbocycles. The molecule has 3 N–H and O–H groups in total. The SMILES string of the molecule is COc1ccc(CN=C(N)Nc2ccc(C)cc2)c(OC)c1. The number of rotatable bonds is 5. The minimum atomic E-state index is 0.363. The van der Waals surface area contributed by atoms with E-state index >= 15 is 0 Å². The lowest BCUT2D eigenvalue weighted by atomic mass is 10.2. The average Bonchev–Trinajstić information content (AvgIpc) is 2.55. The second kappa shape index (κ2) is 7.36. The van der Waals surface area contributed by atoms with Crippen LogP contribution >= 0.6 is 0 Å². The largest absolute Gasteiger partial charge is 0.497 e. The van der Waals surface area contributed by atoms with Crippen LogP contribution in [0.15, 0.2) is 47.5 Å². The molecule has 0 spiro atoms. The number of aryl methyl sites for hydroxylation is 1. The molecule has 0 aliphatic heterocycles. The van der Waals surface area contributed by atoms with E-state index in [9.17, 15) is 0 Å². The molecule has 2 rings (SSSR count). The van der Waals surface area contributed by atoms with Crippen molar-refractivity contribution < 1.29 is 9.47 Å². The molecule has 2 aromatic rings. The molecule has 0 aliphatic carbocycles. The van der Waals surface area contributed by atoms with Crippen LogP contribution in [0.1, 0.15) is 11.1 Å². The standard InChI is InChI=1S/C17H21N3O2/c1-12-4-7-14(8-5-12)20-17(18)19-11-13-6-9-15(21-2)10-16(13)22-3/h4-10H,11H2,1-3H3,(H3,18,19,20). The topological polar surface area (TPSA) is 68.9 Å². The van der Waals surface area contributed by atoms with E-state index in [2.05, 4.69) is 10.3 Å². The quantitative estimate of drug-likeness (QED) is 0.658. The van der Waals surface area contributed by atoms with Crippen LogP contribution in [0.3, 0.4) is 0 Å². The van der Waals surface area contributed by atoms with Gasteiger partial charge in [0.1, 0.15) is 11.5 Å². The van der Waals surface area contributed by atoms with Crippen LogP contribution in [-0.4, -0.2) is 20.2 Å². The van der Waals surface area contributed by atoms with Gasteiger partial charge in [0, 0.05) is 17.3 Å². The van der Waals surface area contributed by atoms with Gasteiger partial charge in [-0.15, -0.1) is 0 Å². The molecule has 5 nitrogen and oxygen atoms in total. The van der Waals surface area contributed by atoms with Crippen molar-refractivity contribution in [1.82, 2.24) is 0 Å². The van der Waals surface area contributed by atoms with E-state index in [1.54, 1.807) is 14.2 Å². The number of nitrogens with two attached hydrogens (primary N) is 1. The molecule has 0 radical (unpaired) electrons. The second-order valence-electron chi connectivity index (χ2n) is 4.87. The third-order valence-corrected chi connectivity index (χ3v) is 3.24. The molecule has 0 aliphatic rings. The van der Waals surface area contributed by atoms with Gasteiger partial charge in [-0.2, -0.15) is 0 Å². The fourth-order valence-electron chi connectivity index (χ4n) is 1.98. The molecular weight excluding hydrogens is 278 g/mol. The van der Waals surface area contributed by atoms with Crippen molar-refractivity contribution in [2.45, 2.75) is 13.5 Å². The highest BCUT2D eigenvalue weighted by atomic mass is 16.5. The van der Waals surface area contributed by atoms with E-state index in [1.807, 2.05) is 49.4 Å². The Morgan fingerprint density at radius 3 is 2.45 bits per heavy atom. The fourth-order valence-corrected chi connectivity index (χ4v) is 1.98. The van der Waals surface area contributed by atoms with Crippen LogP contribution in [0.25, 0.3) is 0 Å². The summed E-state index contributed by atoms with van der Waals surface area (Å²) < 4.78 is 10.5. The lowest BCUT2D eigenvalue weighted by Gasteiger charge is -2.10. The molecule has 0 saturated heterocycles. The summed E-state index contributed by atoms with van der Waals surface area (Å²) in [5.74, 6) is 1.84. The van der Waals surface area contributed by atoms with E-state index < -0.39 is 0 Å². The smallest absolute Gasteiger partial charge is 0.193 e. The Morgan fingerprint density at radius 2 is 1.82 bits per heavy atom. The van der Waals surface area contributed by atoms with Crippen molar-refractivity contribution in [3.05, 3.63) is 53.6 Å². The van der Waals surface area contributed by atoms with Crippen molar-refractivity contribution in [2.24, 2.45) is 10.7 Å². The van der Waals surface area contributed by atoms with Gasteiger partial charge in [0.05, 0.1) is 20.8 Å². The van der Waals surface area contributed by atoms with Gasteiger partial charge in [0.2, 0.25) is 0 Å². The summed E-state index contributed by atoms with van der Waals surface area (Å²) in [6.45, 7) is 2.47. The van der Waals surface area contributed by atoms with Crippen molar-refractivity contribution in [3.8, 4) is 11.5 Å². The Balaban J connectivity index is 2.05. The van der Waals surface area contributed by atoms with E-state index in [1.165, 1.54) is 5.56 Å². The Morgan fingerprint density at radius 1 is 1.09 bits per heavy atom. The van der Waals surface area contributed by atoms with Crippen LogP contribution < -0.4 is 20.5 Å². The Kier molecular flexibility index (Phi) is 5.25. The molecule has 0 heterocycles. The van der Waals surface area contributed by atoms with Gasteiger partial charge in [-0.3, -0.25) is 0 Å². The number of ether oxygens (including phenoxy) is 2. The van der Waals surface area contributed by atoms with Gasteiger partial charge in [0.25, 0.3) is 0 Å². The zero-order valence-corrected chi connectivity index (χ0v) is 13.1. The molecule has 116 valence electrons. The second-order valence-corrected chi connectivity index (χ2v) is 4.87. The molecule has 0 aromatic heterocycles. The summed E-state index contributed by atoms with van der Waals surface area (Å²) in [6, 6.07) is 13.6. The maximum Gasteiger partial charge on any atom is 0.193 e. The molecule has 0 unspecified atom stereocenters. The van der Waals surface area contributed by atoms with Gasteiger partial charge < -0.3 is 20.5 Å². The number of benzene rings is 2. The van der Waals surface area contributed by atoms with Crippen LogP contribution in [0.5, 0.6) is 11.5 Å². The predicted octanol–water partition coefficient (Wildman–Crippen LogP) is 2.94. The van der Waals surface area contributed by atoms with E-state index in [4.69, 9.17) is 15.2 Å².